The fraction of sp³-hybridized carbons (Fsp3) is 0.267. The number of carbonyl (C=O) groups is 1. The molecule has 1 N–H and O–H groups in total. The number of hydrogen-bond acceptors (Lipinski definition) is 3. The van der Waals surface area contributed by atoms with Gasteiger partial charge in [0.1, 0.15) is 5.78 Å². The number of para-hydroxylation sites is 1. The van der Waals surface area contributed by atoms with Crippen molar-refractivity contribution < 1.29 is 4.79 Å². The summed E-state index contributed by atoms with van der Waals surface area (Å²) in [5, 5.41) is 7.44. The first kappa shape index (κ1) is 11.5. The van der Waals surface area contributed by atoms with Gasteiger partial charge in [0.25, 0.3) is 0 Å². The Morgan fingerprint density at radius 1 is 1.33 bits per heavy atom. The van der Waals surface area contributed by atoms with E-state index in [0.29, 0.717) is 24.5 Å². The number of benzene rings is 1. The number of rotatable bonds is 4. The summed E-state index contributed by atoms with van der Waals surface area (Å²) in [6.45, 7) is 0.884. The highest BCUT2D eigenvalue weighted by molar-refractivity contribution is 7.07. The molecule has 1 unspecified atom stereocenters. The zero-order valence-electron chi connectivity index (χ0n) is 10.1. The van der Waals surface area contributed by atoms with E-state index < -0.39 is 0 Å². The summed E-state index contributed by atoms with van der Waals surface area (Å²) >= 11 is 1.65. The summed E-state index contributed by atoms with van der Waals surface area (Å²) in [6, 6.07) is 10.3. The lowest BCUT2D eigenvalue weighted by molar-refractivity contribution is -0.118. The van der Waals surface area contributed by atoms with Gasteiger partial charge in [0.15, 0.2) is 0 Å². The van der Waals surface area contributed by atoms with Gasteiger partial charge >= 0.3 is 0 Å². The molecule has 0 spiro atoms. The van der Waals surface area contributed by atoms with E-state index in [1.54, 1.807) is 11.3 Å². The Morgan fingerprint density at radius 3 is 3.06 bits per heavy atom. The fourth-order valence-corrected chi connectivity index (χ4v) is 3.18. The van der Waals surface area contributed by atoms with Gasteiger partial charge in [-0.05, 0) is 34.0 Å². The van der Waals surface area contributed by atoms with Crippen LogP contribution in [0.2, 0.25) is 0 Å². The predicted octanol–water partition coefficient (Wildman–Crippen LogP) is 3.46. The zero-order valence-corrected chi connectivity index (χ0v) is 10.9. The molecule has 2 heterocycles. The van der Waals surface area contributed by atoms with Crippen molar-refractivity contribution in [1.82, 2.24) is 0 Å². The van der Waals surface area contributed by atoms with Gasteiger partial charge < -0.3 is 5.32 Å². The summed E-state index contributed by atoms with van der Waals surface area (Å²) in [6.07, 6.45) is 1.21. The molecule has 92 valence electrons. The Kier molecular flexibility index (Phi) is 3.15. The van der Waals surface area contributed by atoms with Crippen LogP contribution in [-0.4, -0.2) is 12.3 Å². The third kappa shape index (κ3) is 2.31. The van der Waals surface area contributed by atoms with Crippen molar-refractivity contribution in [2.45, 2.75) is 18.8 Å². The number of Topliss-reactive ketones (excluding diaryl/α,β-unsaturated/α-hetero) is 1. The maximum absolute atomic E-state index is 12.1. The van der Waals surface area contributed by atoms with Crippen LogP contribution in [0.4, 0.5) is 5.69 Å². The number of hydrogen-bond donors (Lipinski definition) is 1. The Bertz CT molecular complexity index is 547. The number of anilines is 1. The Labute approximate surface area is 111 Å². The van der Waals surface area contributed by atoms with Crippen LogP contribution in [0.15, 0.2) is 41.1 Å². The first-order chi connectivity index (χ1) is 8.83. The molecule has 3 rings (SSSR count). The smallest absolute Gasteiger partial charge is 0.137 e. The van der Waals surface area contributed by atoms with Crippen molar-refractivity contribution in [3.63, 3.8) is 0 Å². The average molecular weight is 257 g/mol. The monoisotopic (exact) mass is 257 g/mol. The highest BCUT2D eigenvalue weighted by Gasteiger charge is 2.23. The minimum Gasteiger partial charge on any atom is -0.384 e. The first-order valence-electron chi connectivity index (χ1n) is 6.18. The molecule has 0 fully saturated rings. The number of carbonyl (C=O) groups excluding carboxylic acids is 1. The van der Waals surface area contributed by atoms with E-state index in [9.17, 15) is 4.79 Å². The molecule has 2 nitrogen and oxygen atoms in total. The molecule has 3 heteroatoms. The van der Waals surface area contributed by atoms with E-state index in [-0.39, 0.29) is 0 Å². The zero-order chi connectivity index (χ0) is 12.4. The second-order valence-corrected chi connectivity index (χ2v) is 5.50. The van der Waals surface area contributed by atoms with Crippen LogP contribution in [-0.2, 0) is 11.2 Å². The molecule has 2 aromatic rings. The van der Waals surface area contributed by atoms with Gasteiger partial charge in [0.05, 0.1) is 0 Å². The summed E-state index contributed by atoms with van der Waals surface area (Å²) in [5.74, 6) is 0.671. The van der Waals surface area contributed by atoms with E-state index in [1.807, 2.05) is 23.6 Å². The van der Waals surface area contributed by atoms with E-state index in [1.165, 1.54) is 11.3 Å². The van der Waals surface area contributed by atoms with Gasteiger partial charge in [-0.2, -0.15) is 11.3 Å². The molecule has 1 aliphatic heterocycles. The van der Waals surface area contributed by atoms with Crippen LogP contribution < -0.4 is 5.32 Å². The molecular weight excluding hydrogens is 242 g/mol. The topological polar surface area (TPSA) is 29.1 Å². The Hall–Kier alpha value is -1.61. The molecule has 0 radical (unpaired) electrons. The minimum atomic E-state index is 0.330. The Balaban J connectivity index is 1.66. The van der Waals surface area contributed by atoms with Crippen molar-refractivity contribution in [1.29, 1.82) is 0 Å². The third-order valence-electron chi connectivity index (χ3n) is 3.39. The molecule has 0 saturated heterocycles. The van der Waals surface area contributed by atoms with Gasteiger partial charge in [0.2, 0.25) is 0 Å². The lowest BCUT2D eigenvalue weighted by atomic mass is 9.94. The predicted molar refractivity (Wildman–Crippen MR) is 75.3 cm³/mol. The van der Waals surface area contributed by atoms with Gasteiger partial charge in [-0.15, -0.1) is 0 Å². The second kappa shape index (κ2) is 4.94. The van der Waals surface area contributed by atoms with Gasteiger partial charge in [-0.1, -0.05) is 18.2 Å². The largest absolute Gasteiger partial charge is 0.384 e. The van der Waals surface area contributed by atoms with Crippen molar-refractivity contribution in [2.24, 2.45) is 0 Å². The Morgan fingerprint density at radius 2 is 2.22 bits per heavy atom. The van der Waals surface area contributed by atoms with Crippen LogP contribution in [0.1, 0.15) is 23.5 Å². The molecule has 0 aliphatic carbocycles. The van der Waals surface area contributed by atoms with E-state index >= 15 is 0 Å². The van der Waals surface area contributed by atoms with Gasteiger partial charge in [-0.25, -0.2) is 0 Å². The highest BCUT2D eigenvalue weighted by Crippen LogP contribution is 2.33. The van der Waals surface area contributed by atoms with E-state index in [2.05, 4.69) is 22.8 Å². The molecule has 0 bridgehead atoms. The normalized spacial score (nSPS) is 17.2. The van der Waals surface area contributed by atoms with Crippen LogP contribution in [0.25, 0.3) is 0 Å². The maximum atomic E-state index is 12.1. The minimum absolute atomic E-state index is 0.330. The van der Waals surface area contributed by atoms with Crippen LogP contribution in [0.3, 0.4) is 0 Å². The van der Waals surface area contributed by atoms with Crippen molar-refractivity contribution in [3.8, 4) is 0 Å². The fourth-order valence-electron chi connectivity index (χ4n) is 2.51. The molecule has 1 aliphatic rings. The van der Waals surface area contributed by atoms with Crippen molar-refractivity contribution >= 4 is 22.8 Å². The van der Waals surface area contributed by atoms with Gasteiger partial charge in [0, 0.05) is 31.0 Å². The average Bonchev–Trinajstić information content (AvgIpc) is 3.00. The molecule has 1 aromatic carbocycles. The maximum Gasteiger partial charge on any atom is 0.137 e. The van der Waals surface area contributed by atoms with E-state index in [4.69, 9.17) is 0 Å². The summed E-state index contributed by atoms with van der Waals surface area (Å²) in [7, 11) is 0. The third-order valence-corrected chi connectivity index (χ3v) is 4.13. The lowest BCUT2D eigenvalue weighted by Crippen LogP contribution is -2.10. The SMILES string of the molecule is O=C(Cc1ccsc1)CC1CNc2ccccc21. The van der Waals surface area contributed by atoms with Crippen LogP contribution in [0.5, 0.6) is 0 Å². The lowest BCUT2D eigenvalue weighted by Gasteiger charge is -2.08. The van der Waals surface area contributed by atoms with E-state index in [0.717, 1.165) is 12.1 Å². The quantitative estimate of drug-likeness (QED) is 0.908. The van der Waals surface area contributed by atoms with Crippen LogP contribution >= 0.6 is 11.3 Å². The number of nitrogens with one attached hydrogen (secondary N) is 1. The van der Waals surface area contributed by atoms with Crippen molar-refractivity contribution in [3.05, 3.63) is 52.2 Å². The molecular formula is C15H15NOS. The van der Waals surface area contributed by atoms with Crippen LogP contribution in [0, 0.1) is 0 Å². The summed E-state index contributed by atoms with van der Waals surface area (Å²) in [4.78, 5) is 12.1. The number of ketones is 1. The number of fused-ring (bicyclic) bond motifs is 1. The summed E-state index contributed by atoms with van der Waals surface area (Å²) < 4.78 is 0. The standard InChI is InChI=1S/C15H15NOS/c17-13(7-11-5-6-18-10-11)8-12-9-16-15-4-2-1-3-14(12)15/h1-6,10,12,16H,7-9H2. The number of thiophene rings is 1. The highest BCUT2D eigenvalue weighted by atomic mass is 32.1. The van der Waals surface area contributed by atoms with Crippen molar-refractivity contribution in [2.75, 3.05) is 11.9 Å². The van der Waals surface area contributed by atoms with Gasteiger partial charge in [-0.3, -0.25) is 4.79 Å². The first-order valence-corrected chi connectivity index (χ1v) is 7.13. The molecule has 0 amide bonds. The second-order valence-electron chi connectivity index (χ2n) is 4.72. The molecule has 1 atom stereocenters. The molecule has 18 heavy (non-hydrogen) atoms. The molecule has 0 saturated carbocycles. The summed E-state index contributed by atoms with van der Waals surface area (Å²) in [5.41, 5.74) is 3.62. The molecule has 1 aromatic heterocycles.